The molecule has 0 bridgehead atoms. The molecule has 0 fully saturated rings. The monoisotopic (exact) mass is 229 g/mol. The third-order valence-electron chi connectivity index (χ3n) is 1.21. The summed E-state index contributed by atoms with van der Waals surface area (Å²) in [5.74, 6) is 0. The van der Waals surface area contributed by atoms with E-state index in [9.17, 15) is 0 Å². The Morgan fingerprint density at radius 3 is 2.73 bits per heavy atom. The molecule has 1 aromatic carbocycles. The van der Waals surface area contributed by atoms with Gasteiger partial charge in [-0.2, -0.15) is 5.26 Å². The highest BCUT2D eigenvalue weighted by atomic mass is 79.9. The van der Waals surface area contributed by atoms with Crippen LogP contribution < -0.4 is 0 Å². The summed E-state index contributed by atoms with van der Waals surface area (Å²) in [5, 5.41) is 9.05. The Bertz CT molecular complexity index is 283. The van der Waals surface area contributed by atoms with Crippen LogP contribution in [-0.4, -0.2) is 0 Å². The van der Waals surface area contributed by atoms with Gasteiger partial charge in [-0.15, -0.1) is 0 Å². The lowest BCUT2D eigenvalue weighted by molar-refractivity contribution is 1.26. The average Bonchev–Trinajstić information content (AvgIpc) is 1.85. The van der Waals surface area contributed by atoms with Crippen molar-refractivity contribution in [2.45, 2.75) is 6.42 Å². The highest BCUT2D eigenvalue weighted by Crippen LogP contribution is 2.19. The molecule has 1 aromatic rings. The zero-order valence-corrected chi connectivity index (χ0v) is 7.98. The lowest BCUT2D eigenvalue weighted by Crippen LogP contribution is -1.80. The van der Waals surface area contributed by atoms with E-state index >= 15 is 0 Å². The largest absolute Gasteiger partial charge is 0.198 e. The van der Waals surface area contributed by atoms with Gasteiger partial charge < -0.3 is 0 Å². The third kappa shape index (κ3) is 2.53. The molecule has 1 nitrogen and oxygen atoms in total. The summed E-state index contributed by atoms with van der Waals surface area (Å²) >= 11 is 9.04. The Morgan fingerprint density at radius 1 is 1.45 bits per heavy atom. The number of halogens is 2. The lowest BCUT2D eigenvalue weighted by Gasteiger charge is -1.96. The van der Waals surface area contributed by atoms with E-state index in [-0.39, 0.29) is 0 Å². The second-order valence-electron chi connectivity index (χ2n) is 2.11. The summed E-state index contributed by atoms with van der Waals surface area (Å²) in [5.41, 5.74) is 0.937. The minimum atomic E-state index is 0.402. The van der Waals surface area contributed by atoms with Crippen LogP contribution in [0.1, 0.15) is 5.56 Å². The fourth-order valence-electron chi connectivity index (χ4n) is 0.804. The number of hydrogen-bond acceptors (Lipinski definition) is 1. The maximum absolute atomic E-state index is 8.39. The van der Waals surface area contributed by atoms with Gasteiger partial charge in [0.1, 0.15) is 0 Å². The Morgan fingerprint density at radius 2 is 2.18 bits per heavy atom. The standard InChI is InChI=1S/C8H5BrClN/c9-7-3-6(1-2-11)4-8(10)5-7/h3-5H,1H2. The van der Waals surface area contributed by atoms with Crippen molar-refractivity contribution in [3.8, 4) is 6.07 Å². The lowest BCUT2D eigenvalue weighted by atomic mass is 10.2. The van der Waals surface area contributed by atoms with Crippen molar-refractivity contribution in [2.75, 3.05) is 0 Å². The second-order valence-corrected chi connectivity index (χ2v) is 3.46. The topological polar surface area (TPSA) is 23.8 Å². The van der Waals surface area contributed by atoms with Crippen molar-refractivity contribution in [1.29, 1.82) is 5.26 Å². The van der Waals surface area contributed by atoms with E-state index in [2.05, 4.69) is 22.0 Å². The van der Waals surface area contributed by atoms with E-state index in [1.54, 1.807) is 12.1 Å². The first kappa shape index (κ1) is 8.58. The Kier molecular flexibility index (Phi) is 2.92. The summed E-state index contributed by atoms with van der Waals surface area (Å²) in [7, 11) is 0. The van der Waals surface area contributed by atoms with Gasteiger partial charge in [-0.05, 0) is 23.8 Å². The second kappa shape index (κ2) is 3.75. The van der Waals surface area contributed by atoms with Gasteiger partial charge >= 0.3 is 0 Å². The maximum atomic E-state index is 8.39. The number of rotatable bonds is 1. The molecule has 3 heteroatoms. The molecule has 0 aliphatic rings. The van der Waals surface area contributed by atoms with Gasteiger partial charge in [0, 0.05) is 9.50 Å². The zero-order chi connectivity index (χ0) is 8.27. The van der Waals surface area contributed by atoms with Crippen LogP contribution in [0, 0.1) is 11.3 Å². The SMILES string of the molecule is N#CCc1cc(Cl)cc(Br)c1. The molecular weight excluding hydrogens is 225 g/mol. The fourth-order valence-corrected chi connectivity index (χ4v) is 1.73. The number of hydrogen-bond donors (Lipinski definition) is 0. The minimum absolute atomic E-state index is 0.402. The van der Waals surface area contributed by atoms with E-state index in [1.165, 1.54) is 0 Å². The third-order valence-corrected chi connectivity index (χ3v) is 1.88. The van der Waals surface area contributed by atoms with Crippen LogP contribution in [0.15, 0.2) is 22.7 Å². The van der Waals surface area contributed by atoms with Gasteiger partial charge in [-0.25, -0.2) is 0 Å². The molecule has 0 aromatic heterocycles. The van der Waals surface area contributed by atoms with Crippen LogP contribution in [0.4, 0.5) is 0 Å². The van der Waals surface area contributed by atoms with Crippen molar-refractivity contribution in [2.24, 2.45) is 0 Å². The quantitative estimate of drug-likeness (QED) is 0.727. The molecule has 0 saturated heterocycles. The van der Waals surface area contributed by atoms with Crippen molar-refractivity contribution < 1.29 is 0 Å². The summed E-state index contributed by atoms with van der Waals surface area (Å²) in [6, 6.07) is 7.52. The van der Waals surface area contributed by atoms with E-state index < -0.39 is 0 Å². The number of nitriles is 1. The molecule has 11 heavy (non-hydrogen) atoms. The normalized spacial score (nSPS) is 9.18. The van der Waals surface area contributed by atoms with Crippen molar-refractivity contribution in [3.05, 3.63) is 33.3 Å². The molecule has 0 unspecified atom stereocenters. The van der Waals surface area contributed by atoms with Gasteiger partial charge in [0.15, 0.2) is 0 Å². The first-order valence-corrected chi connectivity index (χ1v) is 4.21. The van der Waals surface area contributed by atoms with Gasteiger partial charge in [0.05, 0.1) is 12.5 Å². The maximum Gasteiger partial charge on any atom is 0.0669 e. The van der Waals surface area contributed by atoms with Crippen LogP contribution in [0.2, 0.25) is 5.02 Å². The van der Waals surface area contributed by atoms with Crippen LogP contribution in [-0.2, 0) is 6.42 Å². The molecule has 0 radical (unpaired) electrons. The van der Waals surface area contributed by atoms with Crippen molar-refractivity contribution >= 4 is 27.5 Å². The van der Waals surface area contributed by atoms with Gasteiger partial charge in [-0.3, -0.25) is 0 Å². The Balaban J connectivity index is 3.01. The van der Waals surface area contributed by atoms with Gasteiger partial charge in [-0.1, -0.05) is 27.5 Å². The van der Waals surface area contributed by atoms with Crippen LogP contribution in [0.5, 0.6) is 0 Å². The molecule has 0 aliphatic heterocycles. The first-order chi connectivity index (χ1) is 5.22. The van der Waals surface area contributed by atoms with Gasteiger partial charge in [0.2, 0.25) is 0 Å². The number of benzene rings is 1. The van der Waals surface area contributed by atoms with E-state index in [0.29, 0.717) is 11.4 Å². The van der Waals surface area contributed by atoms with Gasteiger partial charge in [0.25, 0.3) is 0 Å². The summed E-state index contributed by atoms with van der Waals surface area (Å²) in [6.45, 7) is 0. The fraction of sp³-hybridized carbons (Fsp3) is 0.125. The Labute approximate surface area is 78.7 Å². The highest BCUT2D eigenvalue weighted by Gasteiger charge is 1.95. The van der Waals surface area contributed by atoms with E-state index in [0.717, 1.165) is 10.0 Å². The molecule has 1 rings (SSSR count). The molecule has 0 amide bonds. The summed E-state index contributed by atoms with van der Waals surface area (Å²) < 4.78 is 0.912. The van der Waals surface area contributed by atoms with E-state index in [1.807, 2.05) is 6.07 Å². The van der Waals surface area contributed by atoms with Crippen molar-refractivity contribution in [1.82, 2.24) is 0 Å². The molecule has 0 spiro atoms. The molecule has 0 saturated carbocycles. The predicted molar refractivity (Wildman–Crippen MR) is 48.5 cm³/mol. The van der Waals surface area contributed by atoms with Crippen molar-refractivity contribution in [3.63, 3.8) is 0 Å². The summed E-state index contributed by atoms with van der Waals surface area (Å²) in [6.07, 6.45) is 0.402. The molecule has 0 aliphatic carbocycles. The molecule has 0 N–H and O–H groups in total. The highest BCUT2D eigenvalue weighted by molar-refractivity contribution is 9.10. The average molecular weight is 230 g/mol. The Hall–Kier alpha value is -0.520. The smallest absolute Gasteiger partial charge is 0.0669 e. The van der Waals surface area contributed by atoms with Crippen LogP contribution in [0.25, 0.3) is 0 Å². The van der Waals surface area contributed by atoms with Crippen LogP contribution in [0.3, 0.4) is 0 Å². The number of nitrogens with zero attached hydrogens (tertiary/aromatic N) is 1. The molecule has 0 heterocycles. The zero-order valence-electron chi connectivity index (χ0n) is 5.64. The van der Waals surface area contributed by atoms with E-state index in [4.69, 9.17) is 16.9 Å². The van der Waals surface area contributed by atoms with Crippen LogP contribution >= 0.6 is 27.5 Å². The summed E-state index contributed by atoms with van der Waals surface area (Å²) in [4.78, 5) is 0. The molecule has 56 valence electrons. The minimum Gasteiger partial charge on any atom is -0.198 e. The molecular formula is C8H5BrClN. The predicted octanol–water partition coefficient (Wildman–Crippen LogP) is 3.17. The first-order valence-electron chi connectivity index (χ1n) is 3.04. The molecule has 0 atom stereocenters.